The predicted molar refractivity (Wildman–Crippen MR) is 131 cm³/mol. The van der Waals surface area contributed by atoms with E-state index < -0.39 is 0 Å². The van der Waals surface area contributed by atoms with Gasteiger partial charge < -0.3 is 10.2 Å². The Kier molecular flexibility index (Phi) is 8.11. The van der Waals surface area contributed by atoms with Gasteiger partial charge in [0, 0.05) is 36.7 Å². The van der Waals surface area contributed by atoms with Crippen molar-refractivity contribution in [3.05, 3.63) is 72.1 Å². The summed E-state index contributed by atoms with van der Waals surface area (Å²) in [4.78, 5) is 31.1. The van der Waals surface area contributed by atoms with Crippen LogP contribution in [0.25, 0.3) is 5.69 Å². The fourth-order valence-corrected chi connectivity index (χ4v) is 4.26. The summed E-state index contributed by atoms with van der Waals surface area (Å²) in [7, 11) is 0. The number of anilines is 1. The van der Waals surface area contributed by atoms with Gasteiger partial charge in [0.15, 0.2) is 5.16 Å². The Morgan fingerprint density at radius 2 is 1.75 bits per heavy atom. The van der Waals surface area contributed by atoms with Gasteiger partial charge in [-0.3, -0.25) is 14.2 Å². The summed E-state index contributed by atoms with van der Waals surface area (Å²) < 4.78 is 2.03. The number of imidazole rings is 1. The molecule has 2 amide bonds. The van der Waals surface area contributed by atoms with Crippen molar-refractivity contribution in [2.24, 2.45) is 0 Å². The van der Waals surface area contributed by atoms with E-state index in [1.165, 1.54) is 17.3 Å². The minimum absolute atomic E-state index is 0.00283. The highest BCUT2D eigenvalue weighted by atomic mass is 32.2. The van der Waals surface area contributed by atoms with Gasteiger partial charge in [0.1, 0.15) is 0 Å². The second kappa shape index (κ2) is 11.0. The van der Waals surface area contributed by atoms with E-state index in [-0.39, 0.29) is 17.6 Å². The highest BCUT2D eigenvalue weighted by Crippen LogP contribution is 2.27. The summed E-state index contributed by atoms with van der Waals surface area (Å²) in [6.45, 7) is 9.58. The van der Waals surface area contributed by atoms with Crippen molar-refractivity contribution in [3.63, 3.8) is 0 Å². The van der Waals surface area contributed by atoms with Gasteiger partial charge in [-0.1, -0.05) is 43.8 Å². The van der Waals surface area contributed by atoms with Crippen molar-refractivity contribution in [2.75, 3.05) is 24.2 Å². The van der Waals surface area contributed by atoms with Crippen LogP contribution < -0.4 is 5.32 Å². The van der Waals surface area contributed by atoms with Crippen LogP contribution in [0, 0.1) is 0 Å². The zero-order valence-electron chi connectivity index (χ0n) is 19.0. The summed E-state index contributed by atoms with van der Waals surface area (Å²) in [5, 5.41) is 3.67. The Balaban J connectivity index is 1.62. The maximum absolute atomic E-state index is 12.5. The average molecular weight is 451 g/mol. The van der Waals surface area contributed by atoms with Crippen LogP contribution in [-0.2, 0) is 4.79 Å². The number of nitrogens with zero attached hydrogens (tertiary/aromatic N) is 3. The molecule has 3 rings (SSSR count). The number of nitrogens with one attached hydrogen (secondary N) is 1. The third kappa shape index (κ3) is 5.59. The molecule has 0 bridgehead atoms. The number of hydrogen-bond donors (Lipinski definition) is 1. The van der Waals surface area contributed by atoms with Gasteiger partial charge in [0.05, 0.1) is 11.4 Å². The summed E-state index contributed by atoms with van der Waals surface area (Å²) in [6.07, 6.45) is 3.68. The van der Waals surface area contributed by atoms with Crippen molar-refractivity contribution in [3.8, 4) is 5.69 Å². The number of hydrogen-bond acceptors (Lipinski definition) is 4. The molecule has 1 N–H and O–H groups in total. The molecular weight excluding hydrogens is 420 g/mol. The first kappa shape index (κ1) is 23.6. The van der Waals surface area contributed by atoms with E-state index in [1.807, 2.05) is 36.7 Å². The molecule has 6 nitrogen and oxygen atoms in total. The molecule has 3 aromatic rings. The molecule has 0 radical (unpaired) electrons. The Labute approximate surface area is 194 Å². The number of thioether (sulfide) groups is 1. The lowest BCUT2D eigenvalue weighted by molar-refractivity contribution is -0.113. The maximum Gasteiger partial charge on any atom is 0.253 e. The number of rotatable bonds is 9. The summed E-state index contributed by atoms with van der Waals surface area (Å²) in [6, 6.07) is 15.3. The van der Waals surface area contributed by atoms with Crippen molar-refractivity contribution in [2.45, 2.75) is 38.8 Å². The van der Waals surface area contributed by atoms with Crippen LogP contribution in [0.1, 0.15) is 49.5 Å². The molecule has 0 unspecified atom stereocenters. The maximum atomic E-state index is 12.5. The predicted octanol–water partition coefficient (Wildman–Crippen LogP) is 5.21. The monoisotopic (exact) mass is 450 g/mol. The molecule has 0 atom stereocenters. The minimum Gasteiger partial charge on any atom is -0.339 e. The average Bonchev–Trinajstić information content (AvgIpc) is 3.27. The highest BCUT2D eigenvalue weighted by molar-refractivity contribution is 7.99. The fourth-order valence-electron chi connectivity index (χ4n) is 3.49. The SMILES string of the molecule is CCN(CC)C(=O)c1ccc(NC(=O)CSc2nccn2-c2ccccc2C(C)C)cc1. The minimum atomic E-state index is -0.121. The lowest BCUT2D eigenvalue weighted by Crippen LogP contribution is -2.30. The molecule has 0 aliphatic rings. The zero-order valence-corrected chi connectivity index (χ0v) is 19.9. The first-order valence-electron chi connectivity index (χ1n) is 10.9. The van der Waals surface area contributed by atoms with Gasteiger partial charge in [-0.05, 0) is 55.7 Å². The Bertz CT molecular complexity index is 1060. The second-order valence-corrected chi connectivity index (χ2v) is 8.63. The quantitative estimate of drug-likeness (QED) is 0.455. The van der Waals surface area contributed by atoms with E-state index in [0.29, 0.717) is 30.3 Å². The first-order chi connectivity index (χ1) is 15.4. The Morgan fingerprint density at radius 1 is 1.06 bits per heavy atom. The first-order valence-corrected chi connectivity index (χ1v) is 11.9. The number of aromatic nitrogens is 2. The standard InChI is InChI=1S/C25H30N4O2S/c1-5-28(6-2)24(31)19-11-13-20(14-12-19)27-23(30)17-32-25-26-15-16-29(25)22-10-8-7-9-21(22)18(3)4/h7-16,18H,5-6,17H2,1-4H3,(H,27,30). The second-order valence-electron chi connectivity index (χ2n) is 7.68. The summed E-state index contributed by atoms with van der Waals surface area (Å²) in [5.74, 6) is 0.494. The van der Waals surface area contributed by atoms with Crippen LogP contribution in [0.4, 0.5) is 5.69 Å². The molecule has 0 fully saturated rings. The number of carbonyl (C=O) groups excluding carboxylic acids is 2. The van der Waals surface area contributed by atoms with Crippen LogP contribution in [0.3, 0.4) is 0 Å². The van der Waals surface area contributed by atoms with Gasteiger partial charge >= 0.3 is 0 Å². The van der Waals surface area contributed by atoms with Crippen LogP contribution in [0.2, 0.25) is 0 Å². The van der Waals surface area contributed by atoms with Crippen LogP contribution >= 0.6 is 11.8 Å². The van der Waals surface area contributed by atoms with Crippen LogP contribution in [0.5, 0.6) is 0 Å². The molecule has 0 saturated carbocycles. The number of amides is 2. The topological polar surface area (TPSA) is 67.2 Å². The van der Waals surface area contributed by atoms with Crippen molar-refractivity contribution in [1.82, 2.24) is 14.5 Å². The van der Waals surface area contributed by atoms with Crippen LogP contribution in [0.15, 0.2) is 66.1 Å². The molecule has 32 heavy (non-hydrogen) atoms. The normalized spacial score (nSPS) is 10.9. The molecule has 168 valence electrons. The van der Waals surface area contributed by atoms with Gasteiger partial charge in [-0.25, -0.2) is 4.98 Å². The van der Waals surface area contributed by atoms with E-state index in [1.54, 1.807) is 35.4 Å². The van der Waals surface area contributed by atoms with Crippen LogP contribution in [-0.4, -0.2) is 45.1 Å². The van der Waals surface area contributed by atoms with E-state index in [2.05, 4.69) is 36.3 Å². The molecule has 7 heteroatoms. The molecule has 0 aliphatic carbocycles. The number of carbonyl (C=O) groups is 2. The lowest BCUT2D eigenvalue weighted by Gasteiger charge is -2.18. The Hall–Kier alpha value is -3.06. The van der Waals surface area contributed by atoms with E-state index >= 15 is 0 Å². The molecule has 2 aromatic carbocycles. The highest BCUT2D eigenvalue weighted by Gasteiger charge is 2.14. The largest absolute Gasteiger partial charge is 0.339 e. The third-order valence-corrected chi connectivity index (χ3v) is 6.19. The van der Waals surface area contributed by atoms with E-state index in [4.69, 9.17) is 0 Å². The summed E-state index contributed by atoms with van der Waals surface area (Å²) >= 11 is 1.39. The van der Waals surface area contributed by atoms with Crippen molar-refractivity contribution >= 4 is 29.3 Å². The third-order valence-electron chi connectivity index (χ3n) is 5.22. The fraction of sp³-hybridized carbons (Fsp3) is 0.320. The molecular formula is C25H30N4O2S. The molecule has 0 aliphatic heterocycles. The van der Waals surface area contributed by atoms with Gasteiger partial charge in [-0.2, -0.15) is 0 Å². The summed E-state index contributed by atoms with van der Waals surface area (Å²) in [5.41, 5.74) is 3.60. The Morgan fingerprint density at radius 3 is 2.41 bits per heavy atom. The lowest BCUT2D eigenvalue weighted by atomic mass is 10.0. The molecule has 0 saturated heterocycles. The zero-order chi connectivity index (χ0) is 23.1. The van der Waals surface area contributed by atoms with Gasteiger partial charge in [0.2, 0.25) is 5.91 Å². The van der Waals surface area contributed by atoms with Gasteiger partial charge in [-0.15, -0.1) is 0 Å². The number of benzene rings is 2. The van der Waals surface area contributed by atoms with Crippen molar-refractivity contribution in [1.29, 1.82) is 0 Å². The number of para-hydroxylation sites is 1. The molecule has 0 spiro atoms. The molecule has 1 aromatic heterocycles. The molecule has 1 heterocycles. The van der Waals surface area contributed by atoms with Gasteiger partial charge in [0.25, 0.3) is 5.91 Å². The smallest absolute Gasteiger partial charge is 0.253 e. The van der Waals surface area contributed by atoms with Crippen molar-refractivity contribution < 1.29 is 9.59 Å². The van der Waals surface area contributed by atoms with E-state index in [0.717, 1.165) is 10.8 Å². The van der Waals surface area contributed by atoms with E-state index in [9.17, 15) is 9.59 Å².